The summed E-state index contributed by atoms with van der Waals surface area (Å²) in [5.41, 5.74) is 1.07. The molecule has 1 aliphatic heterocycles. The minimum absolute atomic E-state index is 0.145. The molecule has 1 aromatic rings. The number of allylic oxidation sites excluding steroid dienone is 2. The Bertz CT molecular complexity index is 503. The van der Waals surface area contributed by atoms with Gasteiger partial charge < -0.3 is 10.2 Å². The summed E-state index contributed by atoms with van der Waals surface area (Å²) in [6, 6.07) is 4.14. The van der Waals surface area contributed by atoms with Gasteiger partial charge in [0.15, 0.2) is 0 Å². The van der Waals surface area contributed by atoms with Crippen molar-refractivity contribution >= 4 is 11.7 Å². The maximum absolute atomic E-state index is 12.1. The van der Waals surface area contributed by atoms with Gasteiger partial charge in [0.1, 0.15) is 5.82 Å². The van der Waals surface area contributed by atoms with Crippen LogP contribution in [-0.4, -0.2) is 24.0 Å². The van der Waals surface area contributed by atoms with Gasteiger partial charge in [-0.15, -0.1) is 0 Å². The van der Waals surface area contributed by atoms with Crippen molar-refractivity contribution in [2.75, 3.05) is 18.0 Å². The first-order chi connectivity index (χ1) is 10.3. The number of nitrogens with zero attached hydrogens (tertiary/aromatic N) is 2. The smallest absolute Gasteiger partial charge is 0.223 e. The molecule has 0 radical (unpaired) electrons. The lowest BCUT2D eigenvalue weighted by Gasteiger charge is -2.18. The molecule has 2 aliphatic rings. The zero-order valence-corrected chi connectivity index (χ0v) is 12.4. The number of carbonyl (C=O) groups excluding carboxylic acids is 1. The van der Waals surface area contributed by atoms with E-state index in [1.807, 2.05) is 6.20 Å². The second-order valence-corrected chi connectivity index (χ2v) is 5.92. The number of amides is 1. The predicted molar refractivity (Wildman–Crippen MR) is 84.0 cm³/mol. The largest absolute Gasteiger partial charge is 0.357 e. The summed E-state index contributed by atoms with van der Waals surface area (Å²) in [6.45, 7) is 2.79. The molecule has 0 bridgehead atoms. The zero-order chi connectivity index (χ0) is 14.5. The van der Waals surface area contributed by atoms with Gasteiger partial charge >= 0.3 is 0 Å². The number of rotatable bonds is 4. The van der Waals surface area contributed by atoms with E-state index in [4.69, 9.17) is 0 Å². The molecule has 1 fully saturated rings. The summed E-state index contributed by atoms with van der Waals surface area (Å²) in [4.78, 5) is 18.9. The van der Waals surface area contributed by atoms with Crippen LogP contribution in [-0.2, 0) is 11.3 Å². The van der Waals surface area contributed by atoms with Crippen LogP contribution in [0, 0.1) is 5.92 Å². The lowest BCUT2D eigenvalue weighted by atomic mass is 9.93. The highest BCUT2D eigenvalue weighted by molar-refractivity contribution is 5.78. The number of hydrogen-bond acceptors (Lipinski definition) is 3. The van der Waals surface area contributed by atoms with E-state index in [1.165, 1.54) is 12.8 Å². The first-order valence-electron chi connectivity index (χ1n) is 7.95. The molecular formula is C17H23N3O. The molecule has 1 saturated heterocycles. The molecule has 0 unspecified atom stereocenters. The molecule has 0 spiro atoms. The fraction of sp³-hybridized carbons (Fsp3) is 0.529. The molecular weight excluding hydrogens is 262 g/mol. The van der Waals surface area contributed by atoms with Crippen LogP contribution in [0.5, 0.6) is 0 Å². The number of pyridine rings is 1. The van der Waals surface area contributed by atoms with Gasteiger partial charge in [-0.2, -0.15) is 0 Å². The quantitative estimate of drug-likeness (QED) is 0.865. The maximum Gasteiger partial charge on any atom is 0.223 e. The van der Waals surface area contributed by atoms with Gasteiger partial charge in [0.2, 0.25) is 5.91 Å². The lowest BCUT2D eigenvalue weighted by molar-refractivity contribution is -0.125. The van der Waals surface area contributed by atoms with E-state index in [-0.39, 0.29) is 11.8 Å². The standard InChI is InChI=1S/C17H23N3O/c21-17(15-6-2-1-3-7-15)19-13-14-8-9-16(18-12-14)20-10-4-5-11-20/h1-2,8-9,12,15H,3-7,10-11,13H2,(H,19,21)/t15-/m1/s1. The minimum Gasteiger partial charge on any atom is -0.357 e. The highest BCUT2D eigenvalue weighted by Gasteiger charge is 2.18. The third-order valence-corrected chi connectivity index (χ3v) is 4.35. The van der Waals surface area contributed by atoms with Crippen LogP contribution < -0.4 is 10.2 Å². The van der Waals surface area contributed by atoms with Crippen molar-refractivity contribution in [1.29, 1.82) is 0 Å². The molecule has 0 saturated carbocycles. The fourth-order valence-electron chi connectivity index (χ4n) is 3.02. The van der Waals surface area contributed by atoms with Crippen LogP contribution in [0.2, 0.25) is 0 Å². The lowest BCUT2D eigenvalue weighted by Crippen LogP contribution is -2.30. The fourth-order valence-corrected chi connectivity index (χ4v) is 3.02. The van der Waals surface area contributed by atoms with Gasteiger partial charge in [0.25, 0.3) is 0 Å². The van der Waals surface area contributed by atoms with Gasteiger partial charge in [-0.3, -0.25) is 4.79 Å². The number of anilines is 1. The normalized spacial score (nSPS) is 21.5. The zero-order valence-electron chi connectivity index (χ0n) is 12.4. The van der Waals surface area contributed by atoms with Gasteiger partial charge in [-0.05, 0) is 43.7 Å². The van der Waals surface area contributed by atoms with Crippen molar-refractivity contribution in [3.63, 3.8) is 0 Å². The van der Waals surface area contributed by atoms with Crippen molar-refractivity contribution in [1.82, 2.24) is 10.3 Å². The monoisotopic (exact) mass is 285 g/mol. The molecule has 1 atom stereocenters. The number of carbonyl (C=O) groups is 1. The highest BCUT2D eigenvalue weighted by atomic mass is 16.1. The first-order valence-corrected chi connectivity index (χ1v) is 7.95. The van der Waals surface area contributed by atoms with E-state index in [1.54, 1.807) is 0 Å². The van der Waals surface area contributed by atoms with Crippen molar-refractivity contribution < 1.29 is 4.79 Å². The summed E-state index contributed by atoms with van der Waals surface area (Å²) in [5.74, 6) is 1.37. The van der Waals surface area contributed by atoms with Gasteiger partial charge in [0.05, 0.1) is 0 Å². The summed E-state index contributed by atoms with van der Waals surface area (Å²) in [6.07, 6.45) is 11.5. The Morgan fingerprint density at radius 3 is 2.81 bits per heavy atom. The van der Waals surface area contributed by atoms with Crippen LogP contribution in [0.1, 0.15) is 37.7 Å². The second kappa shape index (κ2) is 6.74. The van der Waals surface area contributed by atoms with E-state index >= 15 is 0 Å². The number of hydrogen-bond donors (Lipinski definition) is 1. The Morgan fingerprint density at radius 1 is 1.29 bits per heavy atom. The molecule has 3 rings (SSSR count). The highest BCUT2D eigenvalue weighted by Crippen LogP contribution is 2.19. The molecule has 112 valence electrons. The van der Waals surface area contributed by atoms with Crippen LogP contribution in [0.3, 0.4) is 0 Å². The first kappa shape index (κ1) is 14.1. The van der Waals surface area contributed by atoms with E-state index < -0.39 is 0 Å². The Balaban J connectivity index is 1.50. The van der Waals surface area contributed by atoms with Gasteiger partial charge in [-0.25, -0.2) is 4.98 Å². The number of nitrogens with one attached hydrogen (secondary N) is 1. The Labute approximate surface area is 126 Å². The Hall–Kier alpha value is -1.84. The molecule has 1 aromatic heterocycles. The van der Waals surface area contributed by atoms with E-state index in [9.17, 15) is 4.79 Å². The van der Waals surface area contributed by atoms with E-state index in [0.29, 0.717) is 6.54 Å². The number of aromatic nitrogens is 1. The van der Waals surface area contributed by atoms with E-state index in [0.717, 1.165) is 43.7 Å². The molecule has 1 aliphatic carbocycles. The SMILES string of the molecule is O=C(NCc1ccc(N2CCCC2)nc1)[C@@H]1CC=CCC1. The topological polar surface area (TPSA) is 45.2 Å². The van der Waals surface area contributed by atoms with Gasteiger partial charge in [-0.1, -0.05) is 18.2 Å². The van der Waals surface area contributed by atoms with Gasteiger partial charge in [0, 0.05) is 31.7 Å². The third-order valence-electron chi connectivity index (χ3n) is 4.35. The molecule has 4 nitrogen and oxygen atoms in total. The Kier molecular flexibility index (Phi) is 4.53. The minimum atomic E-state index is 0.145. The van der Waals surface area contributed by atoms with Crippen LogP contribution in [0.25, 0.3) is 0 Å². The van der Waals surface area contributed by atoms with Crippen LogP contribution >= 0.6 is 0 Å². The third kappa shape index (κ3) is 3.63. The molecule has 2 heterocycles. The van der Waals surface area contributed by atoms with Crippen molar-refractivity contribution in [3.05, 3.63) is 36.0 Å². The average Bonchev–Trinajstić information content (AvgIpc) is 3.08. The average molecular weight is 285 g/mol. The summed E-state index contributed by atoms with van der Waals surface area (Å²) in [5, 5.41) is 3.03. The molecule has 1 amide bonds. The van der Waals surface area contributed by atoms with Crippen molar-refractivity contribution in [3.8, 4) is 0 Å². The summed E-state index contributed by atoms with van der Waals surface area (Å²) in [7, 11) is 0. The Morgan fingerprint density at radius 2 is 2.14 bits per heavy atom. The molecule has 0 aromatic carbocycles. The van der Waals surface area contributed by atoms with E-state index in [2.05, 4.69) is 39.5 Å². The molecule has 1 N–H and O–H groups in total. The second-order valence-electron chi connectivity index (χ2n) is 5.92. The summed E-state index contributed by atoms with van der Waals surface area (Å²) < 4.78 is 0. The predicted octanol–water partition coefficient (Wildman–Crippen LogP) is 2.65. The maximum atomic E-state index is 12.1. The molecule has 21 heavy (non-hydrogen) atoms. The van der Waals surface area contributed by atoms with Crippen LogP contribution in [0.4, 0.5) is 5.82 Å². The van der Waals surface area contributed by atoms with Crippen LogP contribution in [0.15, 0.2) is 30.5 Å². The summed E-state index contributed by atoms with van der Waals surface area (Å²) >= 11 is 0. The molecule has 4 heteroatoms. The van der Waals surface area contributed by atoms with Crippen molar-refractivity contribution in [2.24, 2.45) is 5.92 Å². The van der Waals surface area contributed by atoms with Crippen molar-refractivity contribution in [2.45, 2.75) is 38.6 Å².